The number of ether oxygens (including phenoxy) is 1. The molecule has 0 radical (unpaired) electrons. The molecule has 25 heavy (non-hydrogen) atoms. The van der Waals surface area contributed by atoms with Crippen molar-refractivity contribution in [3.05, 3.63) is 59.4 Å². The van der Waals surface area contributed by atoms with Crippen LogP contribution in [0.25, 0.3) is 0 Å². The van der Waals surface area contributed by atoms with Gasteiger partial charge in [-0.1, -0.05) is 18.2 Å². The first-order valence-electron chi connectivity index (χ1n) is 8.21. The number of carbonyl (C=O) groups excluding carboxylic acids is 1. The Labute approximate surface area is 145 Å². The van der Waals surface area contributed by atoms with E-state index in [1.807, 2.05) is 12.1 Å². The molecule has 0 saturated heterocycles. The number of halogens is 1. The maximum Gasteiger partial charge on any atom is 0.319 e. The lowest BCUT2D eigenvalue weighted by Gasteiger charge is -2.34. The molecule has 2 amide bonds. The smallest absolute Gasteiger partial charge is 0.319 e. The van der Waals surface area contributed by atoms with Gasteiger partial charge in [-0.15, -0.1) is 0 Å². The van der Waals surface area contributed by atoms with Crippen LogP contribution in [-0.4, -0.2) is 24.8 Å². The van der Waals surface area contributed by atoms with Crippen LogP contribution in [-0.2, 0) is 12.0 Å². The molecule has 2 aromatic carbocycles. The van der Waals surface area contributed by atoms with Gasteiger partial charge < -0.3 is 20.5 Å². The van der Waals surface area contributed by atoms with Crippen molar-refractivity contribution < 1.29 is 19.0 Å². The second-order valence-corrected chi connectivity index (χ2v) is 6.20. The third-order valence-corrected chi connectivity index (χ3v) is 4.51. The average molecular weight is 344 g/mol. The SMILES string of the molecule is COc1ccc2c(c1)CCC[C@]2(O)CNC(=O)Nc1ccccc1F. The van der Waals surface area contributed by atoms with E-state index in [1.165, 1.54) is 12.1 Å². The topological polar surface area (TPSA) is 70.6 Å². The molecule has 0 heterocycles. The van der Waals surface area contributed by atoms with Crippen molar-refractivity contribution in [1.82, 2.24) is 5.32 Å². The van der Waals surface area contributed by atoms with E-state index < -0.39 is 17.4 Å². The van der Waals surface area contributed by atoms with Gasteiger partial charge >= 0.3 is 6.03 Å². The lowest BCUT2D eigenvalue weighted by molar-refractivity contribution is 0.0220. The summed E-state index contributed by atoms with van der Waals surface area (Å²) in [5, 5.41) is 16.1. The monoisotopic (exact) mass is 344 g/mol. The van der Waals surface area contributed by atoms with Crippen molar-refractivity contribution in [2.24, 2.45) is 0 Å². The van der Waals surface area contributed by atoms with E-state index in [-0.39, 0.29) is 12.2 Å². The van der Waals surface area contributed by atoms with Gasteiger partial charge in [-0.3, -0.25) is 0 Å². The summed E-state index contributed by atoms with van der Waals surface area (Å²) in [4.78, 5) is 12.0. The second kappa shape index (κ2) is 7.11. The van der Waals surface area contributed by atoms with Gasteiger partial charge in [0.15, 0.2) is 0 Å². The number of urea groups is 1. The van der Waals surface area contributed by atoms with E-state index in [1.54, 1.807) is 25.3 Å². The van der Waals surface area contributed by atoms with Gasteiger partial charge in [-0.2, -0.15) is 0 Å². The van der Waals surface area contributed by atoms with E-state index in [4.69, 9.17) is 4.74 Å². The summed E-state index contributed by atoms with van der Waals surface area (Å²) in [5.74, 6) is 0.236. The minimum atomic E-state index is -1.15. The van der Waals surface area contributed by atoms with E-state index in [0.717, 1.165) is 29.7 Å². The second-order valence-electron chi connectivity index (χ2n) is 6.20. The van der Waals surface area contributed by atoms with Crippen molar-refractivity contribution in [3.63, 3.8) is 0 Å². The number of benzene rings is 2. The van der Waals surface area contributed by atoms with Crippen LogP contribution in [0.5, 0.6) is 5.75 Å². The molecule has 1 atom stereocenters. The summed E-state index contributed by atoms with van der Waals surface area (Å²) >= 11 is 0. The number of aliphatic hydroxyl groups is 1. The number of hydrogen-bond acceptors (Lipinski definition) is 3. The standard InChI is InChI=1S/C19H21FN2O3/c1-25-14-8-9-15-13(11-14)5-4-10-19(15,24)12-21-18(23)22-17-7-3-2-6-16(17)20/h2-3,6-9,11,24H,4-5,10,12H2,1H3,(H2,21,22,23)/t19-/m0/s1. The highest BCUT2D eigenvalue weighted by atomic mass is 19.1. The highest BCUT2D eigenvalue weighted by Gasteiger charge is 2.34. The van der Waals surface area contributed by atoms with Crippen LogP contribution in [0.1, 0.15) is 24.0 Å². The number of fused-ring (bicyclic) bond motifs is 1. The summed E-state index contributed by atoms with van der Waals surface area (Å²) in [6.07, 6.45) is 2.22. The minimum absolute atomic E-state index is 0.0482. The Bertz CT molecular complexity index is 781. The summed E-state index contributed by atoms with van der Waals surface area (Å²) in [5.41, 5.74) is 0.766. The number of rotatable bonds is 4. The number of carbonyl (C=O) groups is 1. The summed E-state index contributed by atoms with van der Waals surface area (Å²) in [6, 6.07) is 10.9. The zero-order chi connectivity index (χ0) is 17.9. The number of anilines is 1. The first-order chi connectivity index (χ1) is 12.0. The molecule has 0 bridgehead atoms. The highest BCUT2D eigenvalue weighted by Crippen LogP contribution is 2.36. The molecule has 2 aromatic rings. The fourth-order valence-electron chi connectivity index (χ4n) is 3.20. The first kappa shape index (κ1) is 17.2. The summed E-state index contributed by atoms with van der Waals surface area (Å²) < 4.78 is 18.8. The van der Waals surface area contributed by atoms with Crippen LogP contribution in [0.3, 0.4) is 0 Å². The normalized spacial score (nSPS) is 19.0. The van der Waals surface area contributed by atoms with Gasteiger partial charge in [0.1, 0.15) is 17.2 Å². The van der Waals surface area contributed by atoms with Crippen molar-refractivity contribution in [2.45, 2.75) is 24.9 Å². The van der Waals surface area contributed by atoms with Crippen LogP contribution >= 0.6 is 0 Å². The number of hydrogen-bond donors (Lipinski definition) is 3. The van der Waals surface area contributed by atoms with Crippen molar-refractivity contribution in [1.29, 1.82) is 0 Å². The number of nitrogens with one attached hydrogen (secondary N) is 2. The van der Waals surface area contributed by atoms with Gasteiger partial charge in [0.05, 0.1) is 19.3 Å². The average Bonchev–Trinajstić information content (AvgIpc) is 2.62. The van der Waals surface area contributed by atoms with Crippen LogP contribution in [0.2, 0.25) is 0 Å². The lowest BCUT2D eigenvalue weighted by atomic mass is 9.79. The van der Waals surface area contributed by atoms with Gasteiger partial charge in [0, 0.05) is 0 Å². The maximum absolute atomic E-state index is 13.6. The fourth-order valence-corrected chi connectivity index (χ4v) is 3.20. The van der Waals surface area contributed by atoms with E-state index in [9.17, 15) is 14.3 Å². The summed E-state index contributed by atoms with van der Waals surface area (Å²) in [7, 11) is 1.60. The molecule has 0 spiro atoms. The molecule has 6 heteroatoms. The Kier molecular flexibility index (Phi) is 4.90. The Hall–Kier alpha value is -2.60. The summed E-state index contributed by atoms with van der Waals surface area (Å²) in [6.45, 7) is 0.0482. The molecule has 0 saturated carbocycles. The zero-order valence-corrected chi connectivity index (χ0v) is 14.0. The van der Waals surface area contributed by atoms with Crippen molar-refractivity contribution in [3.8, 4) is 5.75 Å². The number of aryl methyl sites for hydroxylation is 1. The van der Waals surface area contributed by atoms with Crippen molar-refractivity contribution in [2.75, 3.05) is 19.0 Å². The largest absolute Gasteiger partial charge is 0.497 e. The quantitative estimate of drug-likeness (QED) is 0.798. The molecular weight excluding hydrogens is 323 g/mol. The molecule has 1 aliphatic rings. The predicted octanol–water partition coefficient (Wildman–Crippen LogP) is 3.18. The lowest BCUT2D eigenvalue weighted by Crippen LogP contribution is -2.44. The number of amides is 2. The molecule has 5 nitrogen and oxygen atoms in total. The van der Waals surface area contributed by atoms with Crippen LogP contribution < -0.4 is 15.4 Å². The third kappa shape index (κ3) is 3.74. The van der Waals surface area contributed by atoms with Crippen LogP contribution in [0, 0.1) is 5.82 Å². The van der Waals surface area contributed by atoms with Crippen molar-refractivity contribution >= 4 is 11.7 Å². The van der Waals surface area contributed by atoms with E-state index in [0.29, 0.717) is 6.42 Å². The minimum Gasteiger partial charge on any atom is -0.497 e. The Morgan fingerprint density at radius 2 is 2.12 bits per heavy atom. The zero-order valence-electron chi connectivity index (χ0n) is 14.0. The number of methoxy groups -OCH3 is 1. The first-order valence-corrected chi connectivity index (χ1v) is 8.21. The molecule has 0 unspecified atom stereocenters. The van der Waals surface area contributed by atoms with Gasteiger partial charge in [0.2, 0.25) is 0 Å². The Morgan fingerprint density at radius 3 is 2.88 bits per heavy atom. The van der Waals surface area contributed by atoms with Gasteiger partial charge in [0.25, 0.3) is 0 Å². The molecule has 0 aliphatic heterocycles. The van der Waals surface area contributed by atoms with Crippen LogP contribution in [0.4, 0.5) is 14.9 Å². The third-order valence-electron chi connectivity index (χ3n) is 4.51. The molecule has 1 aliphatic carbocycles. The maximum atomic E-state index is 13.6. The van der Waals surface area contributed by atoms with Gasteiger partial charge in [-0.25, -0.2) is 9.18 Å². The molecule has 0 fully saturated rings. The fraction of sp³-hybridized carbons (Fsp3) is 0.316. The van der Waals surface area contributed by atoms with E-state index in [2.05, 4.69) is 10.6 Å². The molecule has 132 valence electrons. The van der Waals surface area contributed by atoms with E-state index >= 15 is 0 Å². The molecule has 0 aromatic heterocycles. The number of para-hydroxylation sites is 1. The molecule has 3 N–H and O–H groups in total. The predicted molar refractivity (Wildman–Crippen MR) is 93.3 cm³/mol. The Morgan fingerprint density at radius 1 is 1.32 bits per heavy atom. The van der Waals surface area contributed by atoms with Crippen LogP contribution in [0.15, 0.2) is 42.5 Å². The Balaban J connectivity index is 1.69. The molecule has 3 rings (SSSR count). The molecular formula is C19H21FN2O3. The van der Waals surface area contributed by atoms with Gasteiger partial charge in [-0.05, 0) is 54.7 Å². The highest BCUT2D eigenvalue weighted by molar-refractivity contribution is 5.89.